The van der Waals surface area contributed by atoms with Gasteiger partial charge in [-0.15, -0.1) is 0 Å². The van der Waals surface area contributed by atoms with E-state index in [0.29, 0.717) is 46.8 Å². The maximum atomic E-state index is 12.2. The molecule has 4 rings (SSSR count). The summed E-state index contributed by atoms with van der Waals surface area (Å²) in [4.78, 5) is 39.7. The predicted octanol–water partition coefficient (Wildman–Crippen LogP) is 3.19. The van der Waals surface area contributed by atoms with E-state index in [-0.39, 0.29) is 29.8 Å². The summed E-state index contributed by atoms with van der Waals surface area (Å²) in [5.41, 5.74) is 1.28. The first kappa shape index (κ1) is 26.4. The molecule has 3 aromatic rings. The molecule has 3 N–H and O–H groups in total. The number of rotatable bonds is 9. The molecular formula is C23H26N6O6S2. The molecular weight excluding hydrogens is 520 g/mol. The Balaban J connectivity index is 1.58. The number of Topliss-reactive ketones (excluding diaryl/α,β-unsaturated/α-hetero) is 1. The zero-order valence-corrected chi connectivity index (χ0v) is 21.9. The molecule has 0 unspecified atom stereocenters. The fourth-order valence-electron chi connectivity index (χ4n) is 3.68. The van der Waals surface area contributed by atoms with E-state index in [4.69, 9.17) is 9.29 Å². The Labute approximate surface area is 217 Å². The number of carbonyl (C=O) groups is 2. The predicted molar refractivity (Wildman–Crippen MR) is 138 cm³/mol. The summed E-state index contributed by atoms with van der Waals surface area (Å²) in [7, 11) is -4.27. The number of aromatic nitrogens is 3. The van der Waals surface area contributed by atoms with Crippen LogP contribution in [0, 0.1) is 6.92 Å². The summed E-state index contributed by atoms with van der Waals surface area (Å²) in [6.45, 7) is 4.93. The highest BCUT2D eigenvalue weighted by atomic mass is 32.2. The van der Waals surface area contributed by atoms with Crippen molar-refractivity contribution >= 4 is 55.9 Å². The molecule has 0 radical (unpaired) electrons. The monoisotopic (exact) mass is 546 g/mol. The number of nitrogens with one attached hydrogen (secondary N) is 2. The van der Waals surface area contributed by atoms with Crippen LogP contribution in [0.15, 0.2) is 35.2 Å². The zero-order chi connectivity index (χ0) is 26.6. The van der Waals surface area contributed by atoms with Gasteiger partial charge >= 0.3 is 5.97 Å². The van der Waals surface area contributed by atoms with Gasteiger partial charge in [0, 0.05) is 25.6 Å². The van der Waals surface area contributed by atoms with Crippen LogP contribution in [0.4, 0.5) is 22.7 Å². The van der Waals surface area contributed by atoms with Crippen molar-refractivity contribution in [3.05, 3.63) is 46.5 Å². The molecule has 0 bridgehead atoms. The number of aryl methyl sites for hydroxylation is 1. The SMILES string of the molecule is CCOC(=O)c1sc(Nc2nc(NCc3ccc(S(=O)(=O)O)cc3)cc(N3CCCC(=O)C3)n2)nc1C. The van der Waals surface area contributed by atoms with E-state index < -0.39 is 16.1 Å². The van der Waals surface area contributed by atoms with E-state index in [9.17, 15) is 18.0 Å². The molecule has 12 nitrogen and oxygen atoms in total. The average Bonchev–Trinajstić information content (AvgIpc) is 3.22. The highest BCUT2D eigenvalue weighted by molar-refractivity contribution is 7.85. The summed E-state index contributed by atoms with van der Waals surface area (Å²) in [5.74, 6) is 0.915. The van der Waals surface area contributed by atoms with Crippen molar-refractivity contribution in [3.63, 3.8) is 0 Å². The van der Waals surface area contributed by atoms with Crippen LogP contribution >= 0.6 is 11.3 Å². The quantitative estimate of drug-likeness (QED) is 0.266. The normalized spacial score (nSPS) is 13.9. The molecule has 37 heavy (non-hydrogen) atoms. The molecule has 0 saturated carbocycles. The first-order valence-electron chi connectivity index (χ1n) is 11.5. The van der Waals surface area contributed by atoms with E-state index in [1.54, 1.807) is 32.0 Å². The van der Waals surface area contributed by atoms with Crippen LogP contribution in [-0.2, 0) is 26.2 Å². The highest BCUT2D eigenvalue weighted by Gasteiger charge is 2.21. The Kier molecular flexibility index (Phi) is 8.00. The molecule has 0 spiro atoms. The summed E-state index contributed by atoms with van der Waals surface area (Å²) >= 11 is 1.13. The van der Waals surface area contributed by atoms with Crippen LogP contribution in [0.25, 0.3) is 0 Å². The molecule has 1 fully saturated rings. The van der Waals surface area contributed by atoms with E-state index in [0.717, 1.165) is 23.3 Å². The van der Waals surface area contributed by atoms with Gasteiger partial charge in [-0.25, -0.2) is 9.78 Å². The van der Waals surface area contributed by atoms with Crippen LogP contribution in [0.3, 0.4) is 0 Å². The average molecular weight is 547 g/mol. The van der Waals surface area contributed by atoms with E-state index in [1.807, 2.05) is 4.90 Å². The Morgan fingerprint density at radius 3 is 2.65 bits per heavy atom. The minimum absolute atomic E-state index is 0.127. The second-order valence-electron chi connectivity index (χ2n) is 8.25. The smallest absolute Gasteiger partial charge is 0.350 e. The number of esters is 1. The molecule has 0 amide bonds. The van der Waals surface area contributed by atoms with Crippen molar-refractivity contribution in [2.75, 3.05) is 35.2 Å². The lowest BCUT2D eigenvalue weighted by Gasteiger charge is -2.27. The molecule has 3 heterocycles. The summed E-state index contributed by atoms with van der Waals surface area (Å²) in [6.07, 6.45) is 1.26. The van der Waals surface area contributed by atoms with Gasteiger partial charge in [-0.1, -0.05) is 23.5 Å². The van der Waals surface area contributed by atoms with Gasteiger partial charge in [-0.2, -0.15) is 18.4 Å². The van der Waals surface area contributed by atoms with Gasteiger partial charge in [-0.3, -0.25) is 14.7 Å². The van der Waals surface area contributed by atoms with Crippen molar-refractivity contribution in [2.45, 2.75) is 38.1 Å². The molecule has 1 aliphatic heterocycles. The topological polar surface area (TPSA) is 164 Å². The van der Waals surface area contributed by atoms with Gasteiger partial charge in [0.25, 0.3) is 10.1 Å². The number of anilines is 4. The third kappa shape index (κ3) is 6.78. The Morgan fingerprint density at radius 2 is 1.97 bits per heavy atom. The van der Waals surface area contributed by atoms with Crippen LogP contribution in [0.5, 0.6) is 0 Å². The second kappa shape index (κ2) is 11.2. The van der Waals surface area contributed by atoms with Crippen molar-refractivity contribution in [1.82, 2.24) is 15.0 Å². The fourth-order valence-corrected chi connectivity index (χ4v) is 5.01. The molecule has 1 aromatic carbocycles. The number of carbonyl (C=O) groups excluding carboxylic acids is 2. The summed E-state index contributed by atoms with van der Waals surface area (Å²) < 4.78 is 36.8. The molecule has 1 aliphatic rings. The summed E-state index contributed by atoms with van der Waals surface area (Å²) in [6, 6.07) is 7.52. The molecule has 0 atom stereocenters. The lowest BCUT2D eigenvalue weighted by molar-refractivity contribution is -0.118. The van der Waals surface area contributed by atoms with Crippen molar-refractivity contribution in [1.29, 1.82) is 0 Å². The first-order valence-corrected chi connectivity index (χ1v) is 13.8. The van der Waals surface area contributed by atoms with Gasteiger partial charge in [0.05, 0.1) is 23.7 Å². The molecule has 1 saturated heterocycles. The van der Waals surface area contributed by atoms with Crippen LogP contribution < -0.4 is 15.5 Å². The number of hydrogen-bond acceptors (Lipinski definition) is 12. The van der Waals surface area contributed by atoms with Crippen molar-refractivity contribution < 1.29 is 27.3 Å². The number of hydrogen-bond donors (Lipinski definition) is 3. The Morgan fingerprint density at radius 1 is 1.22 bits per heavy atom. The van der Waals surface area contributed by atoms with Gasteiger partial charge in [0.15, 0.2) is 10.9 Å². The van der Waals surface area contributed by atoms with Gasteiger partial charge in [-0.05, 0) is 38.0 Å². The highest BCUT2D eigenvalue weighted by Crippen LogP contribution is 2.28. The molecule has 0 aliphatic carbocycles. The number of nitrogens with zero attached hydrogens (tertiary/aromatic N) is 4. The van der Waals surface area contributed by atoms with Crippen LogP contribution in [0.2, 0.25) is 0 Å². The van der Waals surface area contributed by atoms with E-state index in [2.05, 4.69) is 25.6 Å². The van der Waals surface area contributed by atoms with Gasteiger partial charge < -0.3 is 15.0 Å². The minimum Gasteiger partial charge on any atom is -0.462 e. The molecule has 2 aromatic heterocycles. The number of ether oxygens (including phenoxy) is 1. The number of piperidine rings is 1. The van der Waals surface area contributed by atoms with Crippen molar-refractivity contribution in [3.8, 4) is 0 Å². The van der Waals surface area contributed by atoms with Gasteiger partial charge in [0.2, 0.25) is 5.95 Å². The third-order valence-corrected chi connectivity index (χ3v) is 7.38. The Bertz CT molecular complexity index is 1410. The second-order valence-corrected chi connectivity index (χ2v) is 10.7. The third-order valence-electron chi connectivity index (χ3n) is 5.46. The summed E-state index contributed by atoms with van der Waals surface area (Å²) in [5, 5.41) is 6.64. The van der Waals surface area contributed by atoms with E-state index in [1.165, 1.54) is 12.1 Å². The molecule has 14 heteroatoms. The largest absolute Gasteiger partial charge is 0.462 e. The minimum atomic E-state index is -4.27. The molecule has 196 valence electrons. The lowest BCUT2D eigenvalue weighted by atomic mass is 10.1. The van der Waals surface area contributed by atoms with Crippen molar-refractivity contribution in [2.24, 2.45) is 0 Å². The fraction of sp³-hybridized carbons (Fsp3) is 0.348. The number of benzene rings is 1. The van der Waals surface area contributed by atoms with Crippen LogP contribution in [0.1, 0.15) is 40.7 Å². The lowest BCUT2D eigenvalue weighted by Crippen LogP contribution is -2.36. The maximum absolute atomic E-state index is 12.2. The number of thiazole rings is 1. The standard InChI is InChI=1S/C23H26N6O6S2/c1-3-35-21(31)20-14(2)25-23(36-20)28-22-26-18(11-19(27-22)29-10-4-5-16(30)13-29)24-12-15-6-8-17(9-7-15)37(32,33)34/h6-9,11H,3-5,10,12-13H2,1-2H3,(H,32,33,34)(H2,24,25,26,27,28). The zero-order valence-electron chi connectivity index (χ0n) is 20.2. The maximum Gasteiger partial charge on any atom is 0.350 e. The first-order chi connectivity index (χ1) is 17.6. The van der Waals surface area contributed by atoms with Crippen LogP contribution in [-0.4, -0.2) is 59.4 Å². The van der Waals surface area contributed by atoms with Gasteiger partial charge in [0.1, 0.15) is 16.5 Å². The Hall–Kier alpha value is -3.62. The number of ketones is 1. The van der Waals surface area contributed by atoms with E-state index >= 15 is 0 Å².